The van der Waals surface area contributed by atoms with Crippen LogP contribution in [-0.4, -0.2) is 21.3 Å². The van der Waals surface area contributed by atoms with Gasteiger partial charge in [-0.15, -0.1) is 0 Å². The lowest BCUT2D eigenvalue weighted by atomic mass is 10.1. The van der Waals surface area contributed by atoms with Crippen molar-refractivity contribution in [3.8, 4) is 11.3 Å². The van der Waals surface area contributed by atoms with Crippen LogP contribution in [0.25, 0.3) is 17.4 Å². The second-order valence-electron chi connectivity index (χ2n) is 6.62. The summed E-state index contributed by atoms with van der Waals surface area (Å²) in [7, 11) is 0. The van der Waals surface area contributed by atoms with Crippen LogP contribution in [0.1, 0.15) is 21.7 Å². The van der Waals surface area contributed by atoms with Crippen LogP contribution in [0.5, 0.6) is 0 Å². The van der Waals surface area contributed by atoms with Gasteiger partial charge in [0.1, 0.15) is 11.5 Å². The molecule has 1 aliphatic rings. The molecule has 0 unspecified atom stereocenters. The lowest BCUT2D eigenvalue weighted by molar-refractivity contribution is -0.137. The van der Waals surface area contributed by atoms with E-state index in [9.17, 15) is 27.9 Å². The number of carbonyl (C=O) groups is 2. The third kappa shape index (κ3) is 4.19. The van der Waals surface area contributed by atoms with Crippen molar-refractivity contribution in [3.63, 3.8) is 0 Å². The summed E-state index contributed by atoms with van der Waals surface area (Å²) >= 11 is 6.14. The van der Waals surface area contributed by atoms with E-state index < -0.39 is 23.6 Å². The highest BCUT2D eigenvalue weighted by molar-refractivity contribution is 8.27. The molecule has 32 heavy (non-hydrogen) atoms. The summed E-state index contributed by atoms with van der Waals surface area (Å²) in [6.07, 6.45) is -3.14. The van der Waals surface area contributed by atoms with Crippen molar-refractivity contribution in [2.24, 2.45) is 0 Å². The Hall–Kier alpha value is -3.37. The molecule has 2 heterocycles. The van der Waals surface area contributed by atoms with Crippen molar-refractivity contribution in [2.45, 2.75) is 6.18 Å². The molecule has 0 aliphatic carbocycles. The van der Waals surface area contributed by atoms with E-state index in [-0.39, 0.29) is 26.2 Å². The van der Waals surface area contributed by atoms with E-state index in [1.807, 2.05) is 0 Å². The van der Waals surface area contributed by atoms with Crippen LogP contribution in [-0.2, 0) is 11.0 Å². The highest BCUT2D eigenvalue weighted by Gasteiger charge is 2.36. The smallest absolute Gasteiger partial charge is 0.416 e. The fourth-order valence-corrected chi connectivity index (χ4v) is 4.38. The zero-order chi connectivity index (χ0) is 23.0. The largest absolute Gasteiger partial charge is 0.478 e. The monoisotopic (exact) mass is 475 g/mol. The number of carbonyl (C=O) groups excluding carboxylic acids is 1. The number of amides is 1. The number of furan rings is 1. The molecular weight excluding hydrogens is 463 g/mol. The summed E-state index contributed by atoms with van der Waals surface area (Å²) in [4.78, 5) is 25.5. The van der Waals surface area contributed by atoms with Gasteiger partial charge in [-0.25, -0.2) is 4.79 Å². The molecule has 1 N–H and O–H groups in total. The average molecular weight is 475 g/mol. The van der Waals surface area contributed by atoms with Crippen molar-refractivity contribution in [1.29, 1.82) is 0 Å². The van der Waals surface area contributed by atoms with Crippen LogP contribution < -0.4 is 4.90 Å². The first kappa shape index (κ1) is 21.8. The van der Waals surface area contributed by atoms with Crippen LogP contribution in [0, 0.1) is 0 Å². The lowest BCUT2D eigenvalue weighted by Gasteiger charge is -2.16. The minimum Gasteiger partial charge on any atom is -0.478 e. The molecule has 4 rings (SSSR count). The number of halogens is 3. The van der Waals surface area contributed by atoms with Crippen LogP contribution in [0.4, 0.5) is 18.9 Å². The summed E-state index contributed by atoms with van der Waals surface area (Å²) < 4.78 is 44.9. The van der Waals surface area contributed by atoms with Gasteiger partial charge in [0, 0.05) is 11.6 Å². The van der Waals surface area contributed by atoms with Gasteiger partial charge in [-0.2, -0.15) is 13.2 Å². The number of carboxylic acid groups (broad SMARTS) is 1. The quantitative estimate of drug-likeness (QED) is 0.365. The summed E-state index contributed by atoms with van der Waals surface area (Å²) in [6.45, 7) is 0. The molecule has 1 amide bonds. The Bertz CT molecular complexity index is 1280. The first-order valence-corrected chi connectivity index (χ1v) is 10.3. The topological polar surface area (TPSA) is 70.8 Å². The highest BCUT2D eigenvalue weighted by Crippen LogP contribution is 2.39. The maximum absolute atomic E-state index is 13.0. The van der Waals surface area contributed by atoms with E-state index in [0.717, 1.165) is 28.8 Å². The van der Waals surface area contributed by atoms with Crippen molar-refractivity contribution < 1.29 is 32.3 Å². The fourth-order valence-electron chi connectivity index (χ4n) is 3.10. The van der Waals surface area contributed by atoms with Crippen LogP contribution in [0.2, 0.25) is 0 Å². The Balaban J connectivity index is 1.63. The van der Waals surface area contributed by atoms with Gasteiger partial charge in [0.2, 0.25) is 0 Å². The number of hydrogen-bond donors (Lipinski definition) is 1. The van der Waals surface area contributed by atoms with E-state index in [4.69, 9.17) is 16.6 Å². The van der Waals surface area contributed by atoms with Gasteiger partial charge in [0.05, 0.1) is 21.7 Å². The number of alkyl halides is 3. The summed E-state index contributed by atoms with van der Waals surface area (Å²) in [5, 5.41) is 9.34. The minimum atomic E-state index is -4.55. The van der Waals surface area contributed by atoms with Crippen LogP contribution in [0.3, 0.4) is 0 Å². The molecule has 0 radical (unpaired) electrons. The third-order valence-electron chi connectivity index (χ3n) is 4.55. The molecule has 2 aromatic carbocycles. The number of anilines is 1. The highest BCUT2D eigenvalue weighted by atomic mass is 32.2. The van der Waals surface area contributed by atoms with Gasteiger partial charge < -0.3 is 9.52 Å². The number of thiocarbonyl (C=S) groups is 1. The molecule has 1 saturated heterocycles. The predicted molar refractivity (Wildman–Crippen MR) is 118 cm³/mol. The molecular formula is C22H12F3NO4S2. The molecule has 10 heteroatoms. The van der Waals surface area contributed by atoms with Gasteiger partial charge >= 0.3 is 12.1 Å². The number of thioether (sulfide) groups is 1. The summed E-state index contributed by atoms with van der Waals surface area (Å²) in [5.41, 5.74) is -0.442. The number of carboxylic acids is 1. The van der Waals surface area contributed by atoms with Crippen molar-refractivity contribution in [3.05, 3.63) is 82.5 Å². The Morgan fingerprint density at radius 1 is 1.09 bits per heavy atom. The molecule has 5 nitrogen and oxygen atoms in total. The van der Waals surface area contributed by atoms with Gasteiger partial charge in [-0.1, -0.05) is 48.2 Å². The maximum atomic E-state index is 13.0. The Morgan fingerprint density at radius 3 is 2.56 bits per heavy atom. The van der Waals surface area contributed by atoms with Crippen molar-refractivity contribution in [2.75, 3.05) is 4.90 Å². The zero-order valence-corrected chi connectivity index (χ0v) is 17.6. The normalized spacial score (nSPS) is 15.6. The van der Waals surface area contributed by atoms with E-state index in [1.165, 1.54) is 24.3 Å². The van der Waals surface area contributed by atoms with Gasteiger partial charge in [-0.05, 0) is 36.4 Å². The Morgan fingerprint density at radius 2 is 1.84 bits per heavy atom. The molecule has 0 atom stereocenters. The number of hydrogen-bond acceptors (Lipinski definition) is 5. The second kappa shape index (κ2) is 8.29. The zero-order valence-electron chi connectivity index (χ0n) is 15.9. The van der Waals surface area contributed by atoms with Gasteiger partial charge in [0.15, 0.2) is 4.32 Å². The van der Waals surface area contributed by atoms with Gasteiger partial charge in [0.25, 0.3) is 5.91 Å². The molecule has 162 valence electrons. The van der Waals surface area contributed by atoms with Gasteiger partial charge in [-0.3, -0.25) is 9.69 Å². The SMILES string of the molecule is O=C(O)c1ccccc1-c1ccc(C=C2SC(=S)N(c3cccc(C(F)(F)F)c3)C2=O)o1. The number of benzene rings is 2. The molecule has 1 aliphatic heterocycles. The van der Waals surface area contributed by atoms with Crippen molar-refractivity contribution in [1.82, 2.24) is 0 Å². The minimum absolute atomic E-state index is 0.0150. The molecule has 0 spiro atoms. The Labute approximate surface area is 189 Å². The van der Waals surface area contributed by atoms with E-state index in [2.05, 4.69) is 0 Å². The molecule has 0 saturated carbocycles. The average Bonchev–Trinajstić information content (AvgIpc) is 3.32. The Kier molecular flexibility index (Phi) is 5.66. The van der Waals surface area contributed by atoms with Crippen LogP contribution >= 0.6 is 24.0 Å². The lowest BCUT2D eigenvalue weighted by Crippen LogP contribution is -2.27. The van der Waals surface area contributed by atoms with E-state index >= 15 is 0 Å². The number of nitrogens with zero attached hydrogens (tertiary/aromatic N) is 1. The molecule has 1 aromatic heterocycles. The molecule has 1 fully saturated rings. The first-order valence-electron chi connectivity index (χ1n) is 9.03. The molecule has 0 bridgehead atoms. The standard InChI is InChI=1S/C22H12F3NO4S2/c23-22(24,25)12-4-3-5-13(10-12)26-19(27)18(32-21(26)31)11-14-8-9-17(30-14)15-6-1-2-7-16(15)20(28)29/h1-11H,(H,28,29). The number of rotatable bonds is 4. The van der Waals surface area contributed by atoms with E-state index in [1.54, 1.807) is 30.3 Å². The maximum Gasteiger partial charge on any atom is 0.416 e. The van der Waals surface area contributed by atoms with Crippen molar-refractivity contribution >= 4 is 51.9 Å². The third-order valence-corrected chi connectivity index (χ3v) is 5.85. The fraction of sp³-hybridized carbons (Fsp3) is 0.0455. The first-order chi connectivity index (χ1) is 15.1. The summed E-state index contributed by atoms with van der Waals surface area (Å²) in [6, 6.07) is 13.8. The van der Waals surface area contributed by atoms with E-state index in [0.29, 0.717) is 11.3 Å². The number of aromatic carboxylic acids is 1. The molecule has 3 aromatic rings. The predicted octanol–water partition coefficient (Wildman–Crippen LogP) is 6.07. The second-order valence-corrected chi connectivity index (χ2v) is 8.29. The summed E-state index contributed by atoms with van der Waals surface area (Å²) in [5.74, 6) is -1.13. The van der Waals surface area contributed by atoms with Crippen LogP contribution in [0.15, 0.2) is 70.0 Å².